The molecule has 0 saturated heterocycles. The lowest BCUT2D eigenvalue weighted by atomic mass is 10.1. The predicted molar refractivity (Wildman–Crippen MR) is 72.6 cm³/mol. The zero-order chi connectivity index (χ0) is 12.3. The van der Waals surface area contributed by atoms with Crippen LogP contribution < -0.4 is 10.6 Å². The van der Waals surface area contributed by atoms with Gasteiger partial charge in [-0.05, 0) is 19.4 Å². The average Bonchev–Trinajstić information content (AvgIpc) is 3.02. The molecule has 1 aliphatic carbocycles. The Kier molecular flexibility index (Phi) is 5.62. The second-order valence-electron chi connectivity index (χ2n) is 4.69. The summed E-state index contributed by atoms with van der Waals surface area (Å²) < 4.78 is 1.71. The van der Waals surface area contributed by atoms with Gasteiger partial charge in [-0.3, -0.25) is 9.48 Å². The number of nitrogens with one attached hydrogen (secondary N) is 2. The number of hydrogen-bond acceptors (Lipinski definition) is 3. The standard InChI is InChI=1S/C12H20N4O.ClH/c1-13-11(10-7-15-16(2)8-10)12(17)14-6-5-9-3-4-9;/h7-9,11,13H,3-6H2,1-2H3,(H,14,17);1H. The fourth-order valence-electron chi connectivity index (χ4n) is 1.95. The monoisotopic (exact) mass is 272 g/mol. The highest BCUT2D eigenvalue weighted by Crippen LogP contribution is 2.31. The summed E-state index contributed by atoms with van der Waals surface area (Å²) >= 11 is 0. The van der Waals surface area contributed by atoms with Crippen molar-refractivity contribution in [3.05, 3.63) is 18.0 Å². The van der Waals surface area contributed by atoms with Crippen molar-refractivity contribution in [2.24, 2.45) is 13.0 Å². The summed E-state index contributed by atoms with van der Waals surface area (Å²) in [4.78, 5) is 12.0. The van der Waals surface area contributed by atoms with Crippen molar-refractivity contribution in [1.29, 1.82) is 0 Å². The van der Waals surface area contributed by atoms with Crippen LogP contribution in [-0.2, 0) is 11.8 Å². The predicted octanol–water partition coefficient (Wildman–Crippen LogP) is 1.02. The summed E-state index contributed by atoms with van der Waals surface area (Å²) in [5.41, 5.74) is 0.902. The van der Waals surface area contributed by atoms with Crippen molar-refractivity contribution in [3.63, 3.8) is 0 Å². The summed E-state index contributed by atoms with van der Waals surface area (Å²) in [6, 6.07) is -0.303. The molecule has 1 unspecified atom stereocenters. The number of hydrogen-bond donors (Lipinski definition) is 2. The van der Waals surface area contributed by atoms with Crippen LogP contribution in [0.25, 0.3) is 0 Å². The van der Waals surface area contributed by atoms with Gasteiger partial charge >= 0.3 is 0 Å². The smallest absolute Gasteiger partial charge is 0.241 e. The molecule has 0 bridgehead atoms. The fraction of sp³-hybridized carbons (Fsp3) is 0.667. The number of rotatable bonds is 6. The molecule has 0 spiro atoms. The molecule has 1 aromatic rings. The summed E-state index contributed by atoms with van der Waals surface area (Å²) in [5.74, 6) is 0.878. The maximum absolute atomic E-state index is 12.0. The van der Waals surface area contributed by atoms with Crippen molar-refractivity contribution in [2.75, 3.05) is 13.6 Å². The normalized spacial score (nSPS) is 15.9. The molecule has 0 aromatic carbocycles. The molecule has 1 atom stereocenters. The van der Waals surface area contributed by atoms with E-state index in [9.17, 15) is 4.79 Å². The zero-order valence-electron chi connectivity index (χ0n) is 10.8. The first-order valence-electron chi connectivity index (χ1n) is 6.14. The third kappa shape index (κ3) is 3.99. The lowest BCUT2D eigenvalue weighted by molar-refractivity contribution is -0.123. The molecule has 1 aliphatic rings. The minimum Gasteiger partial charge on any atom is -0.354 e. The quantitative estimate of drug-likeness (QED) is 0.813. The van der Waals surface area contributed by atoms with E-state index < -0.39 is 0 Å². The third-order valence-electron chi connectivity index (χ3n) is 3.16. The Morgan fingerprint density at radius 3 is 2.83 bits per heavy atom. The molecule has 2 N–H and O–H groups in total. The van der Waals surface area contributed by atoms with Gasteiger partial charge in [0.25, 0.3) is 0 Å². The largest absolute Gasteiger partial charge is 0.354 e. The number of aryl methyl sites for hydroxylation is 1. The first kappa shape index (κ1) is 15.0. The van der Waals surface area contributed by atoms with Crippen LogP contribution in [0.4, 0.5) is 0 Å². The van der Waals surface area contributed by atoms with Crippen molar-refractivity contribution in [1.82, 2.24) is 20.4 Å². The van der Waals surface area contributed by atoms with E-state index in [0.29, 0.717) is 0 Å². The van der Waals surface area contributed by atoms with Crippen LogP contribution >= 0.6 is 12.4 Å². The molecular formula is C12H21ClN4O. The molecule has 0 radical (unpaired) electrons. The van der Waals surface area contributed by atoms with E-state index >= 15 is 0 Å². The highest BCUT2D eigenvalue weighted by atomic mass is 35.5. The molecule has 1 fully saturated rings. The molecule has 1 heterocycles. The number of nitrogens with zero attached hydrogens (tertiary/aromatic N) is 2. The minimum atomic E-state index is -0.303. The van der Waals surface area contributed by atoms with Crippen molar-refractivity contribution < 1.29 is 4.79 Å². The Labute approximate surface area is 114 Å². The molecule has 1 amide bonds. The number of aromatic nitrogens is 2. The van der Waals surface area contributed by atoms with Gasteiger partial charge in [0.15, 0.2) is 0 Å². The molecule has 5 nitrogen and oxygen atoms in total. The van der Waals surface area contributed by atoms with Crippen LogP contribution in [0.3, 0.4) is 0 Å². The molecular weight excluding hydrogens is 252 g/mol. The second kappa shape index (κ2) is 6.75. The van der Waals surface area contributed by atoms with E-state index in [4.69, 9.17) is 0 Å². The average molecular weight is 273 g/mol. The van der Waals surface area contributed by atoms with E-state index in [2.05, 4.69) is 15.7 Å². The topological polar surface area (TPSA) is 59.0 Å². The number of carbonyl (C=O) groups is 1. The van der Waals surface area contributed by atoms with Gasteiger partial charge in [-0.1, -0.05) is 12.8 Å². The molecule has 18 heavy (non-hydrogen) atoms. The lowest BCUT2D eigenvalue weighted by Crippen LogP contribution is -2.36. The number of amides is 1. The summed E-state index contributed by atoms with van der Waals surface area (Å²) in [6.07, 6.45) is 7.35. The van der Waals surface area contributed by atoms with E-state index in [-0.39, 0.29) is 24.4 Å². The minimum absolute atomic E-state index is 0. The fourth-order valence-corrected chi connectivity index (χ4v) is 1.95. The van der Waals surface area contributed by atoms with Gasteiger partial charge in [0.2, 0.25) is 5.91 Å². The van der Waals surface area contributed by atoms with Crippen LogP contribution in [-0.4, -0.2) is 29.3 Å². The zero-order valence-corrected chi connectivity index (χ0v) is 11.7. The van der Waals surface area contributed by atoms with Crippen LogP contribution in [0.1, 0.15) is 30.9 Å². The van der Waals surface area contributed by atoms with Gasteiger partial charge in [0.1, 0.15) is 6.04 Å². The van der Waals surface area contributed by atoms with Gasteiger partial charge in [-0.15, -0.1) is 12.4 Å². The number of halogens is 1. The number of likely N-dealkylation sites (N-methyl/N-ethyl adjacent to an activating group) is 1. The first-order valence-corrected chi connectivity index (χ1v) is 6.14. The second-order valence-corrected chi connectivity index (χ2v) is 4.69. The molecule has 1 aromatic heterocycles. The summed E-state index contributed by atoms with van der Waals surface area (Å²) in [6.45, 7) is 0.780. The maximum atomic E-state index is 12.0. The lowest BCUT2D eigenvalue weighted by Gasteiger charge is -2.14. The summed E-state index contributed by atoms with van der Waals surface area (Å²) in [5, 5.41) is 10.1. The van der Waals surface area contributed by atoms with Crippen LogP contribution in [0.2, 0.25) is 0 Å². The van der Waals surface area contributed by atoms with Crippen LogP contribution in [0.15, 0.2) is 12.4 Å². The van der Waals surface area contributed by atoms with Crippen molar-refractivity contribution in [3.8, 4) is 0 Å². The SMILES string of the molecule is CNC(C(=O)NCCC1CC1)c1cnn(C)c1.Cl. The van der Waals surface area contributed by atoms with Gasteiger partial charge in [-0.2, -0.15) is 5.10 Å². The molecule has 6 heteroatoms. The van der Waals surface area contributed by atoms with E-state index in [1.54, 1.807) is 17.9 Å². The Hall–Kier alpha value is -1.07. The Balaban J connectivity index is 0.00000162. The van der Waals surface area contributed by atoms with E-state index in [1.807, 2.05) is 13.2 Å². The van der Waals surface area contributed by atoms with Crippen molar-refractivity contribution >= 4 is 18.3 Å². The third-order valence-corrected chi connectivity index (χ3v) is 3.16. The Morgan fingerprint density at radius 2 is 2.33 bits per heavy atom. The summed E-state index contributed by atoms with van der Waals surface area (Å²) in [7, 11) is 3.64. The molecule has 1 saturated carbocycles. The van der Waals surface area contributed by atoms with E-state index in [0.717, 1.165) is 24.4 Å². The maximum Gasteiger partial charge on any atom is 0.241 e. The van der Waals surface area contributed by atoms with Crippen LogP contribution in [0, 0.1) is 5.92 Å². The number of carbonyl (C=O) groups excluding carboxylic acids is 1. The first-order chi connectivity index (χ1) is 8.20. The van der Waals surface area contributed by atoms with Crippen LogP contribution in [0.5, 0.6) is 0 Å². The van der Waals surface area contributed by atoms with Gasteiger partial charge in [-0.25, -0.2) is 0 Å². The highest BCUT2D eigenvalue weighted by Gasteiger charge is 2.23. The highest BCUT2D eigenvalue weighted by molar-refractivity contribution is 5.85. The van der Waals surface area contributed by atoms with Crippen molar-refractivity contribution in [2.45, 2.75) is 25.3 Å². The Bertz CT molecular complexity index is 389. The van der Waals surface area contributed by atoms with Gasteiger partial charge < -0.3 is 10.6 Å². The molecule has 2 rings (SSSR count). The van der Waals surface area contributed by atoms with Gasteiger partial charge in [0, 0.05) is 25.4 Å². The molecule has 102 valence electrons. The Morgan fingerprint density at radius 1 is 1.61 bits per heavy atom. The van der Waals surface area contributed by atoms with E-state index in [1.165, 1.54) is 12.8 Å². The molecule has 0 aliphatic heterocycles. The van der Waals surface area contributed by atoms with Gasteiger partial charge in [0.05, 0.1) is 6.20 Å².